The van der Waals surface area contributed by atoms with Gasteiger partial charge in [0.15, 0.2) is 5.82 Å². The van der Waals surface area contributed by atoms with Crippen LogP contribution in [0.25, 0.3) is 17.3 Å². The van der Waals surface area contributed by atoms with Crippen LogP contribution in [0.3, 0.4) is 0 Å². The number of rotatable bonds is 3. The summed E-state index contributed by atoms with van der Waals surface area (Å²) < 4.78 is 1.78. The van der Waals surface area contributed by atoms with Gasteiger partial charge in [0.2, 0.25) is 11.9 Å². The zero-order valence-corrected chi connectivity index (χ0v) is 15.9. The van der Waals surface area contributed by atoms with E-state index in [0.717, 1.165) is 5.56 Å². The first-order valence-corrected chi connectivity index (χ1v) is 8.94. The van der Waals surface area contributed by atoms with Gasteiger partial charge < -0.3 is 9.80 Å². The average Bonchev–Trinajstić information content (AvgIpc) is 3.20. The number of hydrogen-bond acceptors (Lipinski definition) is 6. The molecule has 1 amide bonds. The van der Waals surface area contributed by atoms with Crippen molar-refractivity contribution < 1.29 is 4.79 Å². The third-order valence-corrected chi connectivity index (χ3v) is 4.78. The quantitative estimate of drug-likeness (QED) is 0.700. The second kappa shape index (κ2) is 6.78. The number of likely N-dealkylation sites (N-methyl/N-ethyl adjacent to an activating group) is 1. The molecule has 2 aromatic heterocycles. The fourth-order valence-electron chi connectivity index (χ4n) is 3.22. The van der Waals surface area contributed by atoms with E-state index in [1.165, 1.54) is 0 Å². The zero-order valence-electron chi connectivity index (χ0n) is 15.9. The molecule has 0 radical (unpaired) electrons. The summed E-state index contributed by atoms with van der Waals surface area (Å²) in [5.41, 5.74) is 2.05. The molecule has 0 saturated heterocycles. The Labute approximate surface area is 162 Å². The number of anilines is 2. The standard InChI is InChI=1S/C20H19N7O/c1-13(2)27-12-17(28)25(3)16-11-23-20(24-19(16)27)26-8-7-22-18(26)15-6-4-5-14(9-15)10-21/h4-9,11,13H,12H2,1-3H3. The number of nitrogens with zero attached hydrogens (tertiary/aromatic N) is 7. The van der Waals surface area contributed by atoms with Crippen molar-refractivity contribution in [3.63, 3.8) is 0 Å². The fourth-order valence-corrected chi connectivity index (χ4v) is 3.22. The van der Waals surface area contributed by atoms with Crippen LogP contribution in [0.15, 0.2) is 42.9 Å². The number of fused-ring (bicyclic) bond motifs is 1. The van der Waals surface area contributed by atoms with E-state index < -0.39 is 0 Å². The van der Waals surface area contributed by atoms with Crippen LogP contribution in [0.4, 0.5) is 11.5 Å². The smallest absolute Gasteiger partial charge is 0.246 e. The lowest BCUT2D eigenvalue weighted by atomic mass is 10.1. The number of imidazole rings is 1. The van der Waals surface area contributed by atoms with Gasteiger partial charge in [0.05, 0.1) is 24.4 Å². The minimum atomic E-state index is 0.00851. The number of hydrogen-bond donors (Lipinski definition) is 0. The van der Waals surface area contributed by atoms with E-state index in [0.29, 0.717) is 28.8 Å². The third-order valence-electron chi connectivity index (χ3n) is 4.78. The van der Waals surface area contributed by atoms with Crippen molar-refractivity contribution in [2.24, 2.45) is 0 Å². The minimum absolute atomic E-state index is 0.00851. The van der Waals surface area contributed by atoms with Gasteiger partial charge in [-0.25, -0.2) is 9.97 Å². The van der Waals surface area contributed by atoms with Gasteiger partial charge in [-0.3, -0.25) is 9.36 Å². The van der Waals surface area contributed by atoms with Gasteiger partial charge in [-0.05, 0) is 26.0 Å². The molecule has 0 saturated carbocycles. The van der Waals surface area contributed by atoms with Crippen molar-refractivity contribution in [3.05, 3.63) is 48.4 Å². The highest BCUT2D eigenvalue weighted by Gasteiger charge is 2.30. The first-order valence-electron chi connectivity index (χ1n) is 8.94. The second-order valence-corrected chi connectivity index (χ2v) is 6.87. The van der Waals surface area contributed by atoms with Crippen LogP contribution < -0.4 is 9.80 Å². The maximum atomic E-state index is 12.3. The third kappa shape index (κ3) is 2.87. The van der Waals surface area contributed by atoms with Crippen molar-refractivity contribution in [3.8, 4) is 23.4 Å². The molecule has 1 aliphatic rings. The molecule has 0 fully saturated rings. The number of carbonyl (C=O) groups is 1. The number of amides is 1. The molecule has 1 aliphatic heterocycles. The summed E-state index contributed by atoms with van der Waals surface area (Å²) in [6, 6.07) is 9.51. The summed E-state index contributed by atoms with van der Waals surface area (Å²) in [5.74, 6) is 1.83. The predicted octanol–water partition coefficient (Wildman–Crippen LogP) is 2.39. The lowest BCUT2D eigenvalue weighted by Crippen LogP contribution is -2.47. The van der Waals surface area contributed by atoms with Crippen LogP contribution in [-0.2, 0) is 4.79 Å². The van der Waals surface area contributed by atoms with Gasteiger partial charge >= 0.3 is 0 Å². The number of benzene rings is 1. The Morgan fingerprint density at radius 3 is 2.82 bits per heavy atom. The molecular formula is C20H19N7O. The molecule has 3 aromatic rings. The molecule has 0 atom stereocenters. The summed E-state index contributed by atoms with van der Waals surface area (Å²) in [4.78, 5) is 29.5. The van der Waals surface area contributed by atoms with Gasteiger partial charge in [0, 0.05) is 31.0 Å². The van der Waals surface area contributed by atoms with E-state index in [-0.39, 0.29) is 18.5 Å². The van der Waals surface area contributed by atoms with Crippen molar-refractivity contribution in [1.82, 2.24) is 19.5 Å². The Morgan fingerprint density at radius 2 is 2.07 bits per heavy atom. The fraction of sp³-hybridized carbons (Fsp3) is 0.250. The average molecular weight is 373 g/mol. The molecule has 0 spiro atoms. The minimum Gasteiger partial charge on any atom is -0.343 e. The molecule has 28 heavy (non-hydrogen) atoms. The van der Waals surface area contributed by atoms with Crippen molar-refractivity contribution >= 4 is 17.4 Å². The van der Waals surface area contributed by atoms with Gasteiger partial charge in [0.1, 0.15) is 11.5 Å². The molecule has 8 nitrogen and oxygen atoms in total. The van der Waals surface area contributed by atoms with Gasteiger partial charge in [-0.2, -0.15) is 10.2 Å². The van der Waals surface area contributed by atoms with E-state index in [1.807, 2.05) is 30.9 Å². The van der Waals surface area contributed by atoms with Gasteiger partial charge in [-0.15, -0.1) is 0 Å². The summed E-state index contributed by atoms with van der Waals surface area (Å²) >= 11 is 0. The Bertz CT molecular complexity index is 1100. The highest BCUT2D eigenvalue weighted by atomic mass is 16.2. The first-order chi connectivity index (χ1) is 13.5. The molecule has 0 aliphatic carbocycles. The SMILES string of the molecule is CC(C)N1CC(=O)N(C)c2cnc(-n3ccnc3-c3cccc(C#N)c3)nc21. The van der Waals surface area contributed by atoms with E-state index in [1.54, 1.807) is 47.2 Å². The molecule has 3 heterocycles. The topological polar surface area (TPSA) is 90.9 Å². The van der Waals surface area contributed by atoms with Crippen LogP contribution in [0.1, 0.15) is 19.4 Å². The van der Waals surface area contributed by atoms with Crippen LogP contribution in [0.2, 0.25) is 0 Å². The van der Waals surface area contributed by atoms with E-state index in [2.05, 4.69) is 16.0 Å². The predicted molar refractivity (Wildman–Crippen MR) is 105 cm³/mol. The zero-order chi connectivity index (χ0) is 19.8. The normalized spacial score (nSPS) is 13.6. The summed E-state index contributed by atoms with van der Waals surface area (Å²) in [5, 5.41) is 9.17. The van der Waals surface area contributed by atoms with Crippen molar-refractivity contribution in [1.29, 1.82) is 5.26 Å². The lowest BCUT2D eigenvalue weighted by molar-refractivity contribution is -0.117. The Morgan fingerprint density at radius 1 is 1.25 bits per heavy atom. The maximum Gasteiger partial charge on any atom is 0.246 e. The van der Waals surface area contributed by atoms with Gasteiger partial charge in [0.25, 0.3) is 0 Å². The second-order valence-electron chi connectivity index (χ2n) is 6.87. The Kier molecular flexibility index (Phi) is 4.28. The van der Waals surface area contributed by atoms with Crippen LogP contribution in [0, 0.1) is 11.3 Å². The van der Waals surface area contributed by atoms with Crippen molar-refractivity contribution in [2.75, 3.05) is 23.4 Å². The molecule has 1 aromatic carbocycles. The molecule has 4 rings (SSSR count). The molecule has 140 valence electrons. The molecule has 0 unspecified atom stereocenters. The van der Waals surface area contributed by atoms with Gasteiger partial charge in [-0.1, -0.05) is 12.1 Å². The van der Waals surface area contributed by atoms with Crippen LogP contribution in [0.5, 0.6) is 0 Å². The number of carbonyl (C=O) groups excluding carboxylic acids is 1. The summed E-state index contributed by atoms with van der Waals surface area (Å²) in [6.07, 6.45) is 5.13. The van der Waals surface area contributed by atoms with E-state index in [9.17, 15) is 4.79 Å². The monoisotopic (exact) mass is 373 g/mol. The van der Waals surface area contributed by atoms with E-state index in [4.69, 9.17) is 10.2 Å². The Balaban J connectivity index is 1.83. The molecule has 8 heteroatoms. The largest absolute Gasteiger partial charge is 0.343 e. The summed E-state index contributed by atoms with van der Waals surface area (Å²) in [6.45, 7) is 4.33. The van der Waals surface area contributed by atoms with Crippen molar-refractivity contribution in [2.45, 2.75) is 19.9 Å². The summed E-state index contributed by atoms with van der Waals surface area (Å²) in [7, 11) is 1.73. The van der Waals surface area contributed by atoms with Crippen LogP contribution in [-0.4, -0.2) is 45.1 Å². The molecule has 0 N–H and O–H groups in total. The first kappa shape index (κ1) is 17.7. The maximum absolute atomic E-state index is 12.3. The Hall–Kier alpha value is -3.73. The van der Waals surface area contributed by atoms with Crippen LogP contribution >= 0.6 is 0 Å². The number of nitriles is 1. The van der Waals surface area contributed by atoms with E-state index >= 15 is 0 Å². The highest BCUT2D eigenvalue weighted by Crippen LogP contribution is 2.32. The molecular weight excluding hydrogens is 354 g/mol. The highest BCUT2D eigenvalue weighted by molar-refractivity contribution is 6.01. The number of aromatic nitrogens is 4. The molecule has 0 bridgehead atoms. The lowest BCUT2D eigenvalue weighted by Gasteiger charge is -2.36.